The van der Waals surface area contributed by atoms with Crippen LogP contribution in [0, 0.1) is 5.82 Å². The summed E-state index contributed by atoms with van der Waals surface area (Å²) >= 11 is 9.04. The summed E-state index contributed by atoms with van der Waals surface area (Å²) in [7, 11) is 0. The van der Waals surface area contributed by atoms with Gasteiger partial charge in [0.25, 0.3) is 0 Å². The van der Waals surface area contributed by atoms with Gasteiger partial charge in [-0.3, -0.25) is 9.88 Å². The average Bonchev–Trinajstić information content (AvgIpc) is 3.43. The summed E-state index contributed by atoms with van der Waals surface area (Å²) in [5.41, 5.74) is 1.30. The number of morpholine rings is 1. The van der Waals surface area contributed by atoms with E-state index < -0.39 is 0 Å². The molecule has 0 spiro atoms. The molecule has 172 valence electrons. The Kier molecular flexibility index (Phi) is 6.73. The maximum atomic E-state index is 14.6. The van der Waals surface area contributed by atoms with Gasteiger partial charge in [0.2, 0.25) is 0 Å². The first-order valence-corrected chi connectivity index (χ1v) is 12.1. The lowest BCUT2D eigenvalue weighted by Crippen LogP contribution is -2.42. The van der Waals surface area contributed by atoms with Crippen molar-refractivity contribution in [1.29, 1.82) is 0 Å². The van der Waals surface area contributed by atoms with E-state index in [-0.39, 0.29) is 17.9 Å². The lowest BCUT2D eigenvalue weighted by molar-refractivity contribution is 0.0347. The lowest BCUT2D eigenvalue weighted by atomic mass is 10.0. The molecule has 2 unspecified atom stereocenters. The fourth-order valence-corrected chi connectivity index (χ4v) is 5.04. The largest absolute Gasteiger partial charge is 0.459 e. The molecule has 2 atom stereocenters. The SMILES string of the molecule is Fc1cc(Br)ccc1-c1ccc(C2C(c3ccccn3)NC(=S)N2CCN2CCOCC2)o1. The molecule has 0 radical (unpaired) electrons. The van der Waals surface area contributed by atoms with E-state index in [1.807, 2.05) is 30.3 Å². The van der Waals surface area contributed by atoms with Crippen LogP contribution in [0.15, 0.2) is 63.6 Å². The Bertz CT molecular complexity index is 1120. The van der Waals surface area contributed by atoms with Gasteiger partial charge in [0, 0.05) is 36.8 Å². The Morgan fingerprint density at radius 3 is 2.73 bits per heavy atom. The first-order chi connectivity index (χ1) is 16.1. The van der Waals surface area contributed by atoms with Gasteiger partial charge in [0.05, 0.1) is 30.5 Å². The molecule has 3 aromatic rings. The number of pyridine rings is 1. The van der Waals surface area contributed by atoms with E-state index in [2.05, 4.69) is 36.0 Å². The Hall–Kier alpha value is -2.33. The summed E-state index contributed by atoms with van der Waals surface area (Å²) in [6.07, 6.45) is 1.78. The first-order valence-electron chi connectivity index (χ1n) is 10.9. The molecule has 2 aromatic heterocycles. The number of halogens is 2. The number of hydrogen-bond donors (Lipinski definition) is 1. The molecule has 2 aliphatic heterocycles. The van der Waals surface area contributed by atoms with E-state index in [4.69, 9.17) is 21.4 Å². The highest BCUT2D eigenvalue weighted by Crippen LogP contribution is 2.40. The number of furan rings is 1. The van der Waals surface area contributed by atoms with Gasteiger partial charge in [-0.05, 0) is 54.7 Å². The van der Waals surface area contributed by atoms with Crippen LogP contribution in [0.25, 0.3) is 11.3 Å². The van der Waals surface area contributed by atoms with Crippen LogP contribution in [0.2, 0.25) is 0 Å². The third kappa shape index (κ3) is 4.82. The van der Waals surface area contributed by atoms with Gasteiger partial charge >= 0.3 is 0 Å². The molecule has 0 aliphatic carbocycles. The second-order valence-corrected chi connectivity index (χ2v) is 9.40. The van der Waals surface area contributed by atoms with Crippen LogP contribution in [0.4, 0.5) is 4.39 Å². The summed E-state index contributed by atoms with van der Waals surface area (Å²) in [5.74, 6) is 0.869. The minimum Gasteiger partial charge on any atom is -0.459 e. The molecule has 1 N–H and O–H groups in total. The minimum absolute atomic E-state index is 0.169. The van der Waals surface area contributed by atoms with E-state index in [9.17, 15) is 4.39 Å². The smallest absolute Gasteiger partial charge is 0.170 e. The van der Waals surface area contributed by atoms with Crippen LogP contribution in [0.1, 0.15) is 23.5 Å². The van der Waals surface area contributed by atoms with Crippen LogP contribution >= 0.6 is 28.1 Å². The first kappa shape index (κ1) is 22.5. The Balaban J connectivity index is 1.45. The molecule has 2 aliphatic rings. The number of ether oxygens (including phenoxy) is 1. The molecule has 0 bridgehead atoms. The molecular formula is C24H24BrFN4O2S. The highest BCUT2D eigenvalue weighted by Gasteiger charge is 2.41. The van der Waals surface area contributed by atoms with Crippen molar-refractivity contribution in [1.82, 2.24) is 20.1 Å². The summed E-state index contributed by atoms with van der Waals surface area (Å²) in [5, 5.41) is 4.10. The van der Waals surface area contributed by atoms with E-state index >= 15 is 0 Å². The number of benzene rings is 1. The molecule has 1 aromatic carbocycles. The number of nitrogens with one attached hydrogen (secondary N) is 1. The van der Waals surface area contributed by atoms with Gasteiger partial charge in [-0.1, -0.05) is 22.0 Å². The average molecular weight is 531 g/mol. The van der Waals surface area contributed by atoms with Crippen molar-refractivity contribution in [3.8, 4) is 11.3 Å². The van der Waals surface area contributed by atoms with E-state index in [1.54, 1.807) is 18.3 Å². The van der Waals surface area contributed by atoms with Crippen molar-refractivity contribution in [3.05, 3.63) is 76.5 Å². The summed E-state index contributed by atoms with van der Waals surface area (Å²) in [4.78, 5) is 9.10. The van der Waals surface area contributed by atoms with Crippen molar-refractivity contribution in [2.75, 3.05) is 39.4 Å². The normalized spacial score (nSPS) is 21.4. The third-order valence-electron chi connectivity index (χ3n) is 6.07. The van der Waals surface area contributed by atoms with Crippen molar-refractivity contribution < 1.29 is 13.5 Å². The number of hydrogen-bond acceptors (Lipinski definition) is 5. The fourth-order valence-electron chi connectivity index (χ4n) is 4.38. The lowest BCUT2D eigenvalue weighted by Gasteiger charge is -2.31. The quantitative estimate of drug-likeness (QED) is 0.469. The van der Waals surface area contributed by atoms with Crippen LogP contribution in [0.3, 0.4) is 0 Å². The molecular weight excluding hydrogens is 507 g/mol. The molecule has 5 rings (SSSR count). The molecule has 2 fully saturated rings. The number of aromatic nitrogens is 1. The molecule has 33 heavy (non-hydrogen) atoms. The third-order valence-corrected chi connectivity index (χ3v) is 6.92. The predicted octanol–water partition coefficient (Wildman–Crippen LogP) is 4.55. The van der Waals surface area contributed by atoms with Crippen molar-refractivity contribution >= 4 is 33.3 Å². The summed E-state index contributed by atoms with van der Waals surface area (Å²) < 4.78 is 27.0. The molecule has 0 saturated carbocycles. The fraction of sp³-hybridized carbons (Fsp3) is 0.333. The Morgan fingerprint density at radius 1 is 1.12 bits per heavy atom. The van der Waals surface area contributed by atoms with Gasteiger partial charge in [-0.2, -0.15) is 0 Å². The minimum atomic E-state index is -0.337. The predicted molar refractivity (Wildman–Crippen MR) is 131 cm³/mol. The van der Waals surface area contributed by atoms with Crippen LogP contribution in [-0.4, -0.2) is 59.3 Å². The van der Waals surface area contributed by atoms with Gasteiger partial charge < -0.3 is 19.4 Å². The monoisotopic (exact) mass is 530 g/mol. The molecule has 4 heterocycles. The van der Waals surface area contributed by atoms with Gasteiger partial charge in [0.15, 0.2) is 5.11 Å². The zero-order valence-electron chi connectivity index (χ0n) is 17.9. The summed E-state index contributed by atoms with van der Waals surface area (Å²) in [6, 6.07) is 14.2. The second kappa shape index (κ2) is 9.89. The van der Waals surface area contributed by atoms with Crippen molar-refractivity contribution in [2.45, 2.75) is 12.1 Å². The van der Waals surface area contributed by atoms with Crippen molar-refractivity contribution in [3.63, 3.8) is 0 Å². The standard InChI is InChI=1S/C24H24BrFN4O2S/c25-16-4-5-17(18(26)15-16)20-6-7-21(32-20)23-22(19-3-1-2-8-27-19)28-24(33)30(23)10-9-29-11-13-31-14-12-29/h1-8,15,22-23H,9-14H2,(H,28,33). The van der Waals surface area contributed by atoms with E-state index in [0.29, 0.717) is 20.9 Å². The maximum Gasteiger partial charge on any atom is 0.170 e. The zero-order valence-corrected chi connectivity index (χ0v) is 20.3. The van der Waals surface area contributed by atoms with Gasteiger partial charge in [-0.25, -0.2) is 4.39 Å². The zero-order chi connectivity index (χ0) is 22.8. The highest BCUT2D eigenvalue weighted by atomic mass is 79.9. The van der Waals surface area contributed by atoms with Crippen LogP contribution < -0.4 is 5.32 Å². The topological polar surface area (TPSA) is 53.8 Å². The van der Waals surface area contributed by atoms with Crippen LogP contribution in [-0.2, 0) is 4.74 Å². The maximum absolute atomic E-state index is 14.6. The molecule has 9 heteroatoms. The Morgan fingerprint density at radius 2 is 1.97 bits per heavy atom. The molecule has 2 saturated heterocycles. The van der Waals surface area contributed by atoms with Gasteiger partial charge in [0.1, 0.15) is 23.4 Å². The molecule has 6 nitrogen and oxygen atoms in total. The Labute approximate surface area is 205 Å². The van der Waals surface area contributed by atoms with Gasteiger partial charge in [-0.15, -0.1) is 0 Å². The second-order valence-electron chi connectivity index (χ2n) is 8.10. The number of rotatable bonds is 6. The highest BCUT2D eigenvalue weighted by molar-refractivity contribution is 9.10. The van der Waals surface area contributed by atoms with E-state index in [0.717, 1.165) is 50.8 Å². The number of nitrogens with zero attached hydrogens (tertiary/aromatic N) is 3. The molecule has 0 amide bonds. The van der Waals surface area contributed by atoms with Crippen LogP contribution in [0.5, 0.6) is 0 Å². The van der Waals surface area contributed by atoms with Crippen molar-refractivity contribution in [2.24, 2.45) is 0 Å². The summed E-state index contributed by atoms with van der Waals surface area (Å²) in [6.45, 7) is 4.94. The van der Waals surface area contributed by atoms with E-state index in [1.165, 1.54) is 6.07 Å². The number of thiocarbonyl (C=S) groups is 1.